The normalized spacial score (nSPS) is 12.9. The van der Waals surface area contributed by atoms with Crippen LogP contribution in [0.3, 0.4) is 0 Å². The molecule has 0 aliphatic carbocycles. The highest BCUT2D eigenvalue weighted by Crippen LogP contribution is 2.49. The molecule has 0 aromatic heterocycles. The smallest absolute Gasteiger partial charge is 0.0251 e. The SMILES string of the molecule is CCCCCCC(CC)(CCCCCC)C(C)(C)C. The van der Waals surface area contributed by atoms with Crippen LogP contribution < -0.4 is 0 Å². The second-order valence-electron chi connectivity index (χ2n) is 7.51. The van der Waals surface area contributed by atoms with Crippen LogP contribution in [-0.2, 0) is 0 Å². The lowest BCUT2D eigenvalue weighted by Gasteiger charge is -2.45. The van der Waals surface area contributed by atoms with Crippen molar-refractivity contribution in [3.63, 3.8) is 0 Å². The van der Waals surface area contributed by atoms with Gasteiger partial charge in [0, 0.05) is 0 Å². The molecule has 0 aromatic carbocycles. The molecule has 0 spiro atoms. The topological polar surface area (TPSA) is 0 Å². The van der Waals surface area contributed by atoms with Gasteiger partial charge in [0.25, 0.3) is 0 Å². The van der Waals surface area contributed by atoms with Crippen molar-refractivity contribution in [1.29, 1.82) is 0 Å². The predicted molar refractivity (Wildman–Crippen MR) is 89.7 cm³/mol. The number of rotatable bonds is 11. The quantitative estimate of drug-likeness (QED) is 0.343. The molecule has 19 heavy (non-hydrogen) atoms. The van der Waals surface area contributed by atoms with Crippen molar-refractivity contribution >= 4 is 0 Å². The van der Waals surface area contributed by atoms with E-state index in [-0.39, 0.29) is 0 Å². The minimum atomic E-state index is 0.459. The van der Waals surface area contributed by atoms with Crippen LogP contribution in [0.4, 0.5) is 0 Å². The molecule has 0 atom stereocenters. The molecule has 0 aliphatic heterocycles. The van der Waals surface area contributed by atoms with Crippen molar-refractivity contribution in [3.05, 3.63) is 0 Å². The molecular formula is C19H40. The van der Waals surface area contributed by atoms with Crippen LogP contribution in [0.5, 0.6) is 0 Å². The monoisotopic (exact) mass is 268 g/mol. The van der Waals surface area contributed by atoms with Crippen molar-refractivity contribution < 1.29 is 0 Å². The fourth-order valence-corrected chi connectivity index (χ4v) is 3.54. The summed E-state index contributed by atoms with van der Waals surface area (Å²) in [7, 11) is 0. The van der Waals surface area contributed by atoms with Gasteiger partial charge in [-0.2, -0.15) is 0 Å². The minimum Gasteiger partial charge on any atom is -0.0654 e. The summed E-state index contributed by atoms with van der Waals surface area (Å²) < 4.78 is 0. The zero-order valence-electron chi connectivity index (χ0n) is 14.8. The molecule has 0 bridgehead atoms. The first kappa shape index (κ1) is 19.0. The molecule has 0 unspecified atom stereocenters. The van der Waals surface area contributed by atoms with Gasteiger partial charge in [-0.05, 0) is 30.1 Å². The summed E-state index contributed by atoms with van der Waals surface area (Å²) in [5.74, 6) is 0. The first-order valence-electron chi connectivity index (χ1n) is 8.93. The van der Waals surface area contributed by atoms with Gasteiger partial charge in [-0.3, -0.25) is 0 Å². The van der Waals surface area contributed by atoms with Crippen LogP contribution in [-0.4, -0.2) is 0 Å². The van der Waals surface area contributed by atoms with Gasteiger partial charge in [0.15, 0.2) is 0 Å². The van der Waals surface area contributed by atoms with Crippen molar-refractivity contribution in [1.82, 2.24) is 0 Å². The van der Waals surface area contributed by atoms with Crippen LogP contribution in [0, 0.1) is 10.8 Å². The largest absolute Gasteiger partial charge is 0.0654 e. The third kappa shape index (κ3) is 6.82. The highest BCUT2D eigenvalue weighted by atomic mass is 14.4. The summed E-state index contributed by atoms with van der Waals surface area (Å²) in [5, 5.41) is 0. The fraction of sp³-hybridized carbons (Fsp3) is 1.00. The molecule has 0 saturated carbocycles. The number of unbranched alkanes of at least 4 members (excludes halogenated alkanes) is 6. The molecule has 0 saturated heterocycles. The molecule has 0 nitrogen and oxygen atoms in total. The first-order valence-corrected chi connectivity index (χ1v) is 8.93. The Balaban J connectivity index is 4.43. The van der Waals surface area contributed by atoms with E-state index in [1.807, 2.05) is 0 Å². The summed E-state index contributed by atoms with van der Waals surface area (Å²) in [6.45, 7) is 14.4. The summed E-state index contributed by atoms with van der Waals surface area (Å²) >= 11 is 0. The Morgan fingerprint density at radius 2 is 1.00 bits per heavy atom. The van der Waals surface area contributed by atoms with Crippen molar-refractivity contribution in [2.45, 2.75) is 112 Å². The lowest BCUT2D eigenvalue weighted by atomic mass is 9.60. The van der Waals surface area contributed by atoms with Crippen molar-refractivity contribution in [3.8, 4) is 0 Å². The summed E-state index contributed by atoms with van der Waals surface area (Å²) in [6, 6.07) is 0. The molecule has 0 heterocycles. The minimum absolute atomic E-state index is 0.459. The molecule has 0 aromatic rings. The third-order valence-electron chi connectivity index (χ3n) is 5.29. The summed E-state index contributed by atoms with van der Waals surface area (Å²) in [5.41, 5.74) is 1.04. The maximum Gasteiger partial charge on any atom is -0.0251 e. The summed E-state index contributed by atoms with van der Waals surface area (Å²) in [6.07, 6.45) is 15.5. The van der Waals surface area contributed by atoms with E-state index in [1.165, 1.54) is 70.6 Å². The van der Waals surface area contributed by atoms with Crippen LogP contribution in [0.15, 0.2) is 0 Å². The average molecular weight is 269 g/mol. The highest BCUT2D eigenvalue weighted by molar-refractivity contribution is 4.89. The van der Waals surface area contributed by atoms with E-state index in [0.717, 1.165) is 0 Å². The van der Waals surface area contributed by atoms with E-state index >= 15 is 0 Å². The molecular weight excluding hydrogens is 228 g/mol. The average Bonchev–Trinajstić information content (AvgIpc) is 2.35. The Hall–Kier alpha value is 0. The Kier molecular flexibility index (Phi) is 9.83. The number of hydrogen-bond acceptors (Lipinski definition) is 0. The van der Waals surface area contributed by atoms with E-state index in [9.17, 15) is 0 Å². The second kappa shape index (κ2) is 9.83. The fourth-order valence-electron chi connectivity index (χ4n) is 3.54. The zero-order chi connectivity index (χ0) is 14.8. The maximum atomic E-state index is 2.47. The Morgan fingerprint density at radius 1 is 0.579 bits per heavy atom. The molecule has 0 aliphatic rings. The van der Waals surface area contributed by atoms with Gasteiger partial charge in [0.1, 0.15) is 0 Å². The lowest BCUT2D eigenvalue weighted by Crippen LogP contribution is -2.35. The molecule has 0 heteroatoms. The molecule has 0 rings (SSSR count). The van der Waals surface area contributed by atoms with Gasteiger partial charge in [-0.1, -0.05) is 92.9 Å². The molecule has 0 N–H and O–H groups in total. The zero-order valence-corrected chi connectivity index (χ0v) is 14.8. The van der Waals surface area contributed by atoms with Gasteiger partial charge in [-0.15, -0.1) is 0 Å². The van der Waals surface area contributed by atoms with Gasteiger partial charge in [-0.25, -0.2) is 0 Å². The molecule has 116 valence electrons. The van der Waals surface area contributed by atoms with Crippen LogP contribution in [0.1, 0.15) is 112 Å². The van der Waals surface area contributed by atoms with E-state index in [2.05, 4.69) is 41.5 Å². The van der Waals surface area contributed by atoms with Gasteiger partial charge in [0.05, 0.1) is 0 Å². The van der Waals surface area contributed by atoms with E-state index in [4.69, 9.17) is 0 Å². The Labute approximate surface area is 123 Å². The second-order valence-corrected chi connectivity index (χ2v) is 7.51. The predicted octanol–water partition coefficient (Wildman–Crippen LogP) is 7.37. The Bertz CT molecular complexity index is 185. The van der Waals surface area contributed by atoms with Crippen LogP contribution >= 0.6 is 0 Å². The molecule has 0 amide bonds. The lowest BCUT2D eigenvalue weighted by molar-refractivity contribution is 0.0513. The summed E-state index contributed by atoms with van der Waals surface area (Å²) in [4.78, 5) is 0. The van der Waals surface area contributed by atoms with Crippen molar-refractivity contribution in [2.75, 3.05) is 0 Å². The highest BCUT2D eigenvalue weighted by Gasteiger charge is 2.38. The van der Waals surface area contributed by atoms with Gasteiger partial charge < -0.3 is 0 Å². The van der Waals surface area contributed by atoms with Gasteiger partial charge in [0.2, 0.25) is 0 Å². The van der Waals surface area contributed by atoms with E-state index in [1.54, 1.807) is 0 Å². The van der Waals surface area contributed by atoms with Gasteiger partial charge >= 0.3 is 0 Å². The third-order valence-corrected chi connectivity index (χ3v) is 5.29. The van der Waals surface area contributed by atoms with E-state index in [0.29, 0.717) is 10.8 Å². The maximum absolute atomic E-state index is 2.47. The van der Waals surface area contributed by atoms with Crippen LogP contribution in [0.25, 0.3) is 0 Å². The van der Waals surface area contributed by atoms with E-state index < -0.39 is 0 Å². The van der Waals surface area contributed by atoms with Crippen molar-refractivity contribution in [2.24, 2.45) is 10.8 Å². The Morgan fingerprint density at radius 3 is 1.26 bits per heavy atom. The standard InChI is InChI=1S/C19H40/c1-7-10-12-14-16-19(9-3,18(4,5)6)17-15-13-11-8-2/h7-17H2,1-6H3. The number of hydrogen-bond donors (Lipinski definition) is 0. The van der Waals surface area contributed by atoms with Crippen LogP contribution in [0.2, 0.25) is 0 Å². The molecule has 0 radical (unpaired) electrons. The first-order chi connectivity index (χ1) is 8.93. The molecule has 0 fully saturated rings.